The van der Waals surface area contributed by atoms with Gasteiger partial charge in [-0.05, 0) is 32.4 Å². The highest BCUT2D eigenvalue weighted by molar-refractivity contribution is 5.20. The summed E-state index contributed by atoms with van der Waals surface area (Å²) in [6.45, 7) is 5.28. The number of hydrogen-bond donors (Lipinski definition) is 1. The van der Waals surface area contributed by atoms with Gasteiger partial charge in [-0.2, -0.15) is 5.10 Å². The fourth-order valence-corrected chi connectivity index (χ4v) is 2.13. The highest BCUT2D eigenvalue weighted by Crippen LogP contribution is 2.15. The number of hydrogen-bond acceptors (Lipinski definition) is 2. The average Bonchev–Trinajstić information content (AvgIpc) is 2.71. The maximum Gasteiger partial charge on any atom is 0.0540 e. The van der Waals surface area contributed by atoms with E-state index in [0.29, 0.717) is 6.04 Å². The van der Waals surface area contributed by atoms with Crippen molar-refractivity contribution in [2.45, 2.75) is 26.3 Å². The molecule has 1 N–H and O–H groups in total. The van der Waals surface area contributed by atoms with Gasteiger partial charge in [-0.15, -0.1) is 0 Å². The monoisotopic (exact) mass is 243 g/mol. The van der Waals surface area contributed by atoms with Crippen LogP contribution >= 0.6 is 0 Å². The zero-order valence-electron chi connectivity index (χ0n) is 11.4. The molecule has 0 fully saturated rings. The molecule has 1 unspecified atom stereocenters. The number of aryl methyl sites for hydroxylation is 1. The number of aromatic nitrogens is 2. The molecule has 1 aromatic heterocycles. The van der Waals surface area contributed by atoms with Gasteiger partial charge in [-0.1, -0.05) is 30.3 Å². The van der Waals surface area contributed by atoms with Crippen molar-refractivity contribution in [2.75, 3.05) is 6.54 Å². The third-order valence-electron chi connectivity index (χ3n) is 3.45. The van der Waals surface area contributed by atoms with Crippen LogP contribution in [0.1, 0.15) is 29.8 Å². The van der Waals surface area contributed by atoms with E-state index in [-0.39, 0.29) is 0 Å². The van der Waals surface area contributed by atoms with Gasteiger partial charge in [0.15, 0.2) is 0 Å². The van der Waals surface area contributed by atoms with Crippen LogP contribution in [-0.4, -0.2) is 16.3 Å². The normalized spacial score (nSPS) is 12.6. The third-order valence-corrected chi connectivity index (χ3v) is 3.45. The second-order valence-corrected chi connectivity index (χ2v) is 4.72. The minimum atomic E-state index is 0.349. The quantitative estimate of drug-likeness (QED) is 0.875. The van der Waals surface area contributed by atoms with E-state index in [1.807, 2.05) is 17.9 Å². The first-order chi connectivity index (χ1) is 8.68. The Balaban J connectivity index is 1.85. The maximum atomic E-state index is 4.28. The molecule has 0 bridgehead atoms. The molecule has 0 aliphatic heterocycles. The lowest BCUT2D eigenvalue weighted by Gasteiger charge is -2.13. The van der Waals surface area contributed by atoms with Gasteiger partial charge in [0.2, 0.25) is 0 Å². The van der Waals surface area contributed by atoms with E-state index in [1.165, 1.54) is 16.8 Å². The number of nitrogens with one attached hydrogen (secondary N) is 1. The highest BCUT2D eigenvalue weighted by Gasteiger charge is 2.10. The predicted molar refractivity (Wildman–Crippen MR) is 74.5 cm³/mol. The molecule has 0 saturated carbocycles. The van der Waals surface area contributed by atoms with Crippen molar-refractivity contribution in [1.82, 2.24) is 15.1 Å². The summed E-state index contributed by atoms with van der Waals surface area (Å²) in [6.07, 6.45) is 3.01. The molecule has 2 rings (SSSR count). The summed E-state index contributed by atoms with van der Waals surface area (Å²) in [5.74, 6) is 0. The van der Waals surface area contributed by atoms with Crippen molar-refractivity contribution in [1.29, 1.82) is 0 Å². The Morgan fingerprint density at radius 1 is 1.28 bits per heavy atom. The zero-order valence-corrected chi connectivity index (χ0v) is 11.4. The number of nitrogens with zero attached hydrogens (tertiary/aromatic N) is 2. The summed E-state index contributed by atoms with van der Waals surface area (Å²) in [5.41, 5.74) is 3.89. The van der Waals surface area contributed by atoms with Crippen molar-refractivity contribution in [3.63, 3.8) is 0 Å². The van der Waals surface area contributed by atoms with E-state index in [4.69, 9.17) is 0 Å². The van der Waals surface area contributed by atoms with Crippen molar-refractivity contribution < 1.29 is 0 Å². The SMILES string of the molecule is Cc1c(C(C)NCCc2ccccc2)cnn1C. The standard InChI is InChI=1S/C15H21N3/c1-12(15-11-17-18(3)13(15)2)16-10-9-14-7-5-4-6-8-14/h4-8,11-12,16H,9-10H2,1-3H3. The first kappa shape index (κ1) is 12.8. The molecule has 0 radical (unpaired) electrons. The Morgan fingerprint density at radius 2 is 2.00 bits per heavy atom. The summed E-state index contributed by atoms with van der Waals surface area (Å²) < 4.78 is 1.92. The molecule has 3 nitrogen and oxygen atoms in total. The first-order valence-electron chi connectivity index (χ1n) is 6.44. The molecule has 3 heteroatoms. The minimum Gasteiger partial charge on any atom is -0.310 e. The Hall–Kier alpha value is -1.61. The van der Waals surface area contributed by atoms with E-state index >= 15 is 0 Å². The molecule has 0 aliphatic rings. The summed E-state index contributed by atoms with van der Waals surface area (Å²) in [5, 5.41) is 7.83. The lowest BCUT2D eigenvalue weighted by molar-refractivity contribution is 0.573. The molecule has 1 aromatic carbocycles. The van der Waals surface area contributed by atoms with Crippen LogP contribution in [0.3, 0.4) is 0 Å². The van der Waals surface area contributed by atoms with Gasteiger partial charge in [-0.3, -0.25) is 4.68 Å². The molecular weight excluding hydrogens is 222 g/mol. The Kier molecular flexibility index (Phi) is 4.15. The van der Waals surface area contributed by atoms with E-state index in [2.05, 4.69) is 54.6 Å². The van der Waals surface area contributed by atoms with Gasteiger partial charge in [-0.25, -0.2) is 0 Å². The Labute approximate surface area is 109 Å². The molecule has 18 heavy (non-hydrogen) atoms. The topological polar surface area (TPSA) is 29.9 Å². The van der Waals surface area contributed by atoms with Gasteiger partial charge >= 0.3 is 0 Å². The van der Waals surface area contributed by atoms with Crippen molar-refractivity contribution in [3.05, 3.63) is 53.3 Å². The van der Waals surface area contributed by atoms with Gasteiger partial charge in [0.05, 0.1) is 6.20 Å². The van der Waals surface area contributed by atoms with Crippen molar-refractivity contribution >= 4 is 0 Å². The number of rotatable bonds is 5. The molecule has 96 valence electrons. The molecule has 1 heterocycles. The zero-order chi connectivity index (χ0) is 13.0. The van der Waals surface area contributed by atoms with E-state index in [0.717, 1.165) is 13.0 Å². The number of benzene rings is 1. The molecule has 0 spiro atoms. The molecule has 1 atom stereocenters. The Morgan fingerprint density at radius 3 is 2.61 bits per heavy atom. The second kappa shape index (κ2) is 5.83. The maximum absolute atomic E-state index is 4.28. The molecule has 0 saturated heterocycles. The van der Waals surface area contributed by atoms with Crippen LogP contribution < -0.4 is 5.32 Å². The molecule has 2 aromatic rings. The van der Waals surface area contributed by atoms with Crippen molar-refractivity contribution in [3.8, 4) is 0 Å². The van der Waals surface area contributed by atoms with Crippen LogP contribution in [0.15, 0.2) is 36.5 Å². The Bertz CT molecular complexity index is 488. The van der Waals surface area contributed by atoms with Crippen LogP contribution in [0.5, 0.6) is 0 Å². The van der Waals surface area contributed by atoms with Crippen LogP contribution in [-0.2, 0) is 13.5 Å². The van der Waals surface area contributed by atoms with Gasteiger partial charge < -0.3 is 5.32 Å². The molecular formula is C15H21N3. The lowest BCUT2D eigenvalue weighted by Crippen LogP contribution is -2.21. The summed E-state index contributed by atoms with van der Waals surface area (Å²) in [7, 11) is 1.98. The van der Waals surface area contributed by atoms with Crippen LogP contribution in [0.25, 0.3) is 0 Å². The lowest BCUT2D eigenvalue weighted by atomic mass is 10.1. The van der Waals surface area contributed by atoms with Crippen LogP contribution in [0, 0.1) is 6.92 Å². The third kappa shape index (κ3) is 2.99. The van der Waals surface area contributed by atoms with E-state index in [9.17, 15) is 0 Å². The minimum absolute atomic E-state index is 0.349. The van der Waals surface area contributed by atoms with E-state index < -0.39 is 0 Å². The smallest absolute Gasteiger partial charge is 0.0540 e. The highest BCUT2D eigenvalue weighted by atomic mass is 15.3. The second-order valence-electron chi connectivity index (χ2n) is 4.72. The predicted octanol–water partition coefficient (Wildman–Crippen LogP) is 2.62. The average molecular weight is 243 g/mol. The largest absolute Gasteiger partial charge is 0.310 e. The fourth-order valence-electron chi connectivity index (χ4n) is 2.13. The summed E-state index contributed by atoms with van der Waals surface area (Å²) >= 11 is 0. The van der Waals surface area contributed by atoms with Crippen LogP contribution in [0.4, 0.5) is 0 Å². The summed E-state index contributed by atoms with van der Waals surface area (Å²) in [6, 6.07) is 10.9. The summed E-state index contributed by atoms with van der Waals surface area (Å²) in [4.78, 5) is 0. The van der Waals surface area contributed by atoms with Gasteiger partial charge in [0.25, 0.3) is 0 Å². The molecule has 0 amide bonds. The van der Waals surface area contributed by atoms with Crippen LogP contribution in [0.2, 0.25) is 0 Å². The van der Waals surface area contributed by atoms with E-state index in [1.54, 1.807) is 0 Å². The van der Waals surface area contributed by atoms with Gasteiger partial charge in [0.1, 0.15) is 0 Å². The van der Waals surface area contributed by atoms with Gasteiger partial charge in [0, 0.05) is 24.3 Å². The first-order valence-corrected chi connectivity index (χ1v) is 6.44. The van der Waals surface area contributed by atoms with Crippen molar-refractivity contribution in [2.24, 2.45) is 7.05 Å². The fraction of sp³-hybridized carbons (Fsp3) is 0.400. The molecule has 0 aliphatic carbocycles.